The summed E-state index contributed by atoms with van der Waals surface area (Å²) in [5.74, 6) is -0.474. The van der Waals surface area contributed by atoms with Crippen molar-refractivity contribution in [1.82, 2.24) is 0 Å². The van der Waals surface area contributed by atoms with Crippen LogP contribution in [0.3, 0.4) is 0 Å². The number of hydrogen-bond acceptors (Lipinski definition) is 1. The van der Waals surface area contributed by atoms with Crippen molar-refractivity contribution in [2.75, 3.05) is 11.9 Å². The Kier molecular flexibility index (Phi) is 4.19. The van der Waals surface area contributed by atoms with Gasteiger partial charge in [-0.05, 0) is 59.3 Å². The van der Waals surface area contributed by atoms with Crippen molar-refractivity contribution in [3.63, 3.8) is 0 Å². The van der Waals surface area contributed by atoms with Gasteiger partial charge in [-0.15, -0.1) is 0 Å². The van der Waals surface area contributed by atoms with E-state index in [9.17, 15) is 9.18 Å². The monoisotopic (exact) mass is 369 g/mol. The summed E-state index contributed by atoms with van der Waals surface area (Å²) in [6.07, 6.45) is 0. The molecule has 0 N–H and O–H groups in total. The minimum atomic E-state index is -0.334. The number of carbonyl (C=O) groups is 1. The largest absolute Gasteiger partial charge is 0.311 e. The van der Waals surface area contributed by atoms with Gasteiger partial charge in [0.1, 0.15) is 5.82 Å². The SMILES string of the molecule is Cc1ccccc1N(C)C(=O)c1ccc(F)cc1I. The van der Waals surface area contributed by atoms with Crippen LogP contribution in [0.2, 0.25) is 0 Å². The highest BCUT2D eigenvalue weighted by atomic mass is 127. The quantitative estimate of drug-likeness (QED) is 0.733. The average Bonchev–Trinajstić information content (AvgIpc) is 2.38. The Morgan fingerprint density at radius 3 is 2.53 bits per heavy atom. The second-order valence-electron chi connectivity index (χ2n) is 4.27. The van der Waals surface area contributed by atoms with Gasteiger partial charge in [-0.3, -0.25) is 4.79 Å². The lowest BCUT2D eigenvalue weighted by molar-refractivity contribution is 0.0992. The molecule has 0 fully saturated rings. The summed E-state index contributed by atoms with van der Waals surface area (Å²) in [5.41, 5.74) is 2.39. The number of halogens is 2. The molecule has 0 heterocycles. The highest BCUT2D eigenvalue weighted by molar-refractivity contribution is 14.1. The Morgan fingerprint density at radius 1 is 1.21 bits per heavy atom. The third-order valence-electron chi connectivity index (χ3n) is 2.94. The van der Waals surface area contributed by atoms with E-state index in [1.807, 2.05) is 53.8 Å². The second-order valence-corrected chi connectivity index (χ2v) is 5.44. The molecule has 2 aromatic carbocycles. The molecule has 0 unspecified atom stereocenters. The van der Waals surface area contributed by atoms with E-state index in [-0.39, 0.29) is 11.7 Å². The lowest BCUT2D eigenvalue weighted by Crippen LogP contribution is -2.27. The van der Waals surface area contributed by atoms with E-state index in [4.69, 9.17) is 0 Å². The Morgan fingerprint density at radius 2 is 1.89 bits per heavy atom. The van der Waals surface area contributed by atoms with Gasteiger partial charge in [0.05, 0.1) is 5.56 Å². The van der Waals surface area contributed by atoms with Gasteiger partial charge in [-0.2, -0.15) is 0 Å². The summed E-state index contributed by atoms with van der Waals surface area (Å²) >= 11 is 1.98. The Balaban J connectivity index is 2.37. The number of carbonyl (C=O) groups excluding carboxylic acids is 1. The fourth-order valence-corrected chi connectivity index (χ4v) is 2.60. The van der Waals surface area contributed by atoms with Crippen LogP contribution in [0.4, 0.5) is 10.1 Å². The van der Waals surface area contributed by atoms with Crippen molar-refractivity contribution in [3.8, 4) is 0 Å². The van der Waals surface area contributed by atoms with Crippen LogP contribution in [-0.4, -0.2) is 13.0 Å². The summed E-state index contributed by atoms with van der Waals surface area (Å²) in [6.45, 7) is 1.95. The van der Waals surface area contributed by atoms with Crippen molar-refractivity contribution < 1.29 is 9.18 Å². The minimum Gasteiger partial charge on any atom is -0.311 e. The third kappa shape index (κ3) is 2.94. The summed E-state index contributed by atoms with van der Waals surface area (Å²) in [4.78, 5) is 14.0. The predicted octanol–water partition coefficient (Wildman–Crippen LogP) is 4.02. The predicted molar refractivity (Wildman–Crippen MR) is 83.0 cm³/mol. The molecule has 98 valence electrons. The van der Waals surface area contributed by atoms with Gasteiger partial charge < -0.3 is 4.90 Å². The zero-order valence-electron chi connectivity index (χ0n) is 10.7. The van der Waals surface area contributed by atoms with E-state index in [1.54, 1.807) is 11.9 Å². The maximum atomic E-state index is 13.1. The highest BCUT2D eigenvalue weighted by Crippen LogP contribution is 2.22. The normalized spacial score (nSPS) is 10.3. The first-order valence-electron chi connectivity index (χ1n) is 5.79. The summed E-state index contributed by atoms with van der Waals surface area (Å²) in [6, 6.07) is 11.9. The van der Waals surface area contributed by atoms with Gasteiger partial charge in [0.2, 0.25) is 0 Å². The molecule has 19 heavy (non-hydrogen) atoms. The highest BCUT2D eigenvalue weighted by Gasteiger charge is 2.17. The minimum absolute atomic E-state index is 0.140. The van der Waals surface area contributed by atoms with Gasteiger partial charge in [0.25, 0.3) is 5.91 Å². The first-order valence-corrected chi connectivity index (χ1v) is 6.87. The molecule has 0 aromatic heterocycles. The molecule has 0 aliphatic carbocycles. The molecular weight excluding hydrogens is 356 g/mol. The van der Waals surface area contributed by atoms with Crippen LogP contribution < -0.4 is 4.90 Å². The number of nitrogens with zero attached hydrogens (tertiary/aromatic N) is 1. The van der Waals surface area contributed by atoms with Crippen molar-refractivity contribution in [3.05, 3.63) is 63.0 Å². The van der Waals surface area contributed by atoms with Crippen molar-refractivity contribution in [2.45, 2.75) is 6.92 Å². The molecule has 0 aliphatic rings. The van der Waals surface area contributed by atoms with Gasteiger partial charge in [-0.25, -0.2) is 4.39 Å². The zero-order valence-corrected chi connectivity index (χ0v) is 12.8. The molecule has 0 spiro atoms. The van der Waals surface area contributed by atoms with Gasteiger partial charge in [0, 0.05) is 16.3 Å². The van der Waals surface area contributed by atoms with E-state index < -0.39 is 0 Å². The fraction of sp³-hybridized carbons (Fsp3) is 0.133. The van der Waals surface area contributed by atoms with Crippen LogP contribution in [0.25, 0.3) is 0 Å². The van der Waals surface area contributed by atoms with Crippen LogP contribution in [0, 0.1) is 16.3 Å². The van der Waals surface area contributed by atoms with E-state index in [0.717, 1.165) is 11.3 Å². The van der Waals surface area contributed by atoms with Crippen LogP contribution >= 0.6 is 22.6 Å². The maximum Gasteiger partial charge on any atom is 0.259 e. The Bertz CT molecular complexity index is 627. The van der Waals surface area contributed by atoms with Crippen molar-refractivity contribution >= 4 is 34.2 Å². The Hall–Kier alpha value is -1.43. The first-order chi connectivity index (χ1) is 9.00. The smallest absolute Gasteiger partial charge is 0.259 e. The molecule has 1 amide bonds. The lowest BCUT2D eigenvalue weighted by atomic mass is 10.1. The molecule has 2 aromatic rings. The molecule has 0 saturated carbocycles. The molecule has 0 bridgehead atoms. The van der Waals surface area contributed by atoms with Gasteiger partial charge in [0.15, 0.2) is 0 Å². The van der Waals surface area contributed by atoms with E-state index >= 15 is 0 Å². The third-order valence-corrected chi connectivity index (χ3v) is 3.84. The molecule has 0 atom stereocenters. The van der Waals surface area contributed by atoms with E-state index in [0.29, 0.717) is 9.13 Å². The molecular formula is C15H13FINO. The summed E-state index contributed by atoms with van der Waals surface area (Å²) in [7, 11) is 1.73. The van der Waals surface area contributed by atoms with Crippen molar-refractivity contribution in [2.24, 2.45) is 0 Å². The fourth-order valence-electron chi connectivity index (χ4n) is 1.89. The summed E-state index contributed by atoms with van der Waals surface area (Å²) < 4.78 is 13.7. The lowest BCUT2D eigenvalue weighted by Gasteiger charge is -2.20. The topological polar surface area (TPSA) is 20.3 Å². The summed E-state index contributed by atoms with van der Waals surface area (Å²) in [5, 5.41) is 0. The molecule has 2 nitrogen and oxygen atoms in total. The number of para-hydroxylation sites is 1. The Labute approximate surface area is 125 Å². The van der Waals surface area contributed by atoms with Crippen LogP contribution in [0.1, 0.15) is 15.9 Å². The van der Waals surface area contributed by atoms with Gasteiger partial charge >= 0.3 is 0 Å². The van der Waals surface area contributed by atoms with Gasteiger partial charge in [-0.1, -0.05) is 18.2 Å². The number of amides is 1. The number of hydrogen-bond donors (Lipinski definition) is 0. The molecule has 0 aliphatic heterocycles. The number of benzene rings is 2. The first kappa shape index (κ1) is 14.0. The number of aryl methyl sites for hydroxylation is 1. The molecule has 0 saturated heterocycles. The molecule has 4 heteroatoms. The second kappa shape index (κ2) is 5.69. The van der Waals surface area contributed by atoms with Crippen LogP contribution in [-0.2, 0) is 0 Å². The molecule has 0 radical (unpaired) electrons. The standard InChI is InChI=1S/C15H13FINO/c1-10-5-3-4-6-14(10)18(2)15(19)12-8-7-11(16)9-13(12)17/h3-9H,1-2H3. The molecule has 2 rings (SSSR count). The van der Waals surface area contributed by atoms with Crippen molar-refractivity contribution in [1.29, 1.82) is 0 Å². The maximum absolute atomic E-state index is 13.1. The van der Waals surface area contributed by atoms with Crippen LogP contribution in [0.5, 0.6) is 0 Å². The average molecular weight is 369 g/mol. The number of rotatable bonds is 2. The van der Waals surface area contributed by atoms with E-state index in [1.165, 1.54) is 18.2 Å². The van der Waals surface area contributed by atoms with E-state index in [2.05, 4.69) is 0 Å². The zero-order chi connectivity index (χ0) is 14.0. The number of anilines is 1. The van der Waals surface area contributed by atoms with Crippen LogP contribution in [0.15, 0.2) is 42.5 Å².